The lowest BCUT2D eigenvalue weighted by Crippen LogP contribution is -2.22. The van der Waals surface area contributed by atoms with Gasteiger partial charge in [-0.1, -0.05) is 0 Å². The van der Waals surface area contributed by atoms with Gasteiger partial charge in [-0.05, 0) is 43.5 Å². The number of hydrogen-bond donors (Lipinski definition) is 0. The van der Waals surface area contributed by atoms with E-state index in [9.17, 15) is 5.26 Å². The van der Waals surface area contributed by atoms with Crippen LogP contribution in [0.25, 0.3) is 0 Å². The predicted octanol–water partition coefficient (Wildman–Crippen LogP) is 3.14. The molecule has 1 aromatic carbocycles. The molecule has 6 heteroatoms. The molecule has 2 aliphatic rings. The van der Waals surface area contributed by atoms with Gasteiger partial charge in [0.25, 0.3) is 0 Å². The Morgan fingerprint density at radius 3 is 2.73 bits per heavy atom. The van der Waals surface area contributed by atoms with Crippen LogP contribution in [0.5, 0.6) is 11.6 Å². The number of methoxy groups -OCH3 is 1. The number of rotatable bonds is 6. The maximum atomic E-state index is 9.26. The highest BCUT2D eigenvalue weighted by atomic mass is 16.5. The summed E-state index contributed by atoms with van der Waals surface area (Å²) >= 11 is 0. The molecule has 1 saturated heterocycles. The molecular formula is C20H22N4O2. The first kappa shape index (κ1) is 16.6. The molecule has 1 unspecified atom stereocenters. The number of aromatic nitrogens is 2. The van der Waals surface area contributed by atoms with E-state index in [0.717, 1.165) is 43.9 Å². The average molecular weight is 350 g/mol. The van der Waals surface area contributed by atoms with Gasteiger partial charge in [-0.15, -0.1) is 0 Å². The van der Waals surface area contributed by atoms with Gasteiger partial charge in [0.15, 0.2) is 0 Å². The minimum Gasteiger partial charge on any atom is -0.497 e. The Morgan fingerprint density at radius 2 is 2.04 bits per heavy atom. The van der Waals surface area contributed by atoms with E-state index in [1.54, 1.807) is 13.3 Å². The summed E-state index contributed by atoms with van der Waals surface area (Å²) in [5, 5.41) is 9.26. The molecule has 0 amide bonds. The molecule has 0 radical (unpaired) electrons. The number of nitrogens with zero attached hydrogens (tertiary/aromatic N) is 4. The maximum Gasteiger partial charge on any atom is 0.235 e. The molecule has 1 aromatic heterocycles. The van der Waals surface area contributed by atoms with Gasteiger partial charge >= 0.3 is 0 Å². The van der Waals surface area contributed by atoms with Crippen LogP contribution in [-0.2, 0) is 0 Å². The molecule has 2 fully saturated rings. The normalized spacial score (nSPS) is 19.2. The second kappa shape index (κ2) is 7.20. The van der Waals surface area contributed by atoms with Crippen LogP contribution in [0.4, 0.5) is 5.69 Å². The van der Waals surface area contributed by atoms with Gasteiger partial charge in [0, 0.05) is 30.6 Å². The van der Waals surface area contributed by atoms with E-state index >= 15 is 0 Å². The lowest BCUT2D eigenvalue weighted by molar-refractivity contribution is 0.250. The van der Waals surface area contributed by atoms with Crippen LogP contribution >= 0.6 is 0 Å². The van der Waals surface area contributed by atoms with Crippen LogP contribution < -0.4 is 14.4 Å². The molecule has 0 spiro atoms. The Morgan fingerprint density at radius 1 is 1.23 bits per heavy atom. The van der Waals surface area contributed by atoms with Crippen LogP contribution in [0.2, 0.25) is 0 Å². The zero-order valence-electron chi connectivity index (χ0n) is 14.9. The third kappa shape index (κ3) is 3.57. The first-order chi connectivity index (χ1) is 12.8. The zero-order valence-corrected chi connectivity index (χ0v) is 14.9. The van der Waals surface area contributed by atoms with Crippen molar-refractivity contribution in [2.75, 3.05) is 31.7 Å². The van der Waals surface area contributed by atoms with Gasteiger partial charge in [-0.3, -0.25) is 0 Å². The van der Waals surface area contributed by atoms with Gasteiger partial charge in [0.05, 0.1) is 19.9 Å². The summed E-state index contributed by atoms with van der Waals surface area (Å²) in [5.41, 5.74) is 1.61. The Kier molecular flexibility index (Phi) is 4.61. The van der Waals surface area contributed by atoms with Crippen molar-refractivity contribution in [3.05, 3.63) is 41.9 Å². The predicted molar refractivity (Wildman–Crippen MR) is 97.5 cm³/mol. The van der Waals surface area contributed by atoms with E-state index < -0.39 is 0 Å². The second-order valence-corrected chi connectivity index (χ2v) is 6.94. The monoisotopic (exact) mass is 350 g/mol. The molecule has 26 heavy (non-hydrogen) atoms. The Bertz CT molecular complexity index is 812. The highest BCUT2D eigenvalue weighted by Crippen LogP contribution is 2.38. The average Bonchev–Trinajstić information content (AvgIpc) is 3.44. The quantitative estimate of drug-likeness (QED) is 0.797. The van der Waals surface area contributed by atoms with Crippen molar-refractivity contribution in [1.82, 2.24) is 9.97 Å². The van der Waals surface area contributed by atoms with Crippen molar-refractivity contribution in [1.29, 1.82) is 5.26 Å². The van der Waals surface area contributed by atoms with Crippen molar-refractivity contribution in [3.8, 4) is 17.7 Å². The molecule has 0 N–H and O–H groups in total. The minimum absolute atomic E-state index is 0.416. The summed E-state index contributed by atoms with van der Waals surface area (Å²) < 4.78 is 11.1. The maximum absolute atomic E-state index is 9.26. The summed E-state index contributed by atoms with van der Waals surface area (Å²) in [5.74, 6) is 2.98. The standard InChI is InChI=1S/C20H22N4O2/c1-25-18-6-4-17(5-7-18)24-9-8-14(12-24)13-26-20-16(10-21)11-22-19(23-20)15-2-3-15/h4-7,11,14-15H,2-3,8-9,12-13H2,1H3. The van der Waals surface area contributed by atoms with Gasteiger partial charge in [-0.2, -0.15) is 10.2 Å². The van der Waals surface area contributed by atoms with Gasteiger partial charge in [-0.25, -0.2) is 4.98 Å². The van der Waals surface area contributed by atoms with Crippen molar-refractivity contribution in [3.63, 3.8) is 0 Å². The molecule has 1 saturated carbocycles. The molecule has 0 bridgehead atoms. The minimum atomic E-state index is 0.416. The number of nitriles is 1. The lowest BCUT2D eigenvalue weighted by Gasteiger charge is -2.19. The fourth-order valence-electron chi connectivity index (χ4n) is 3.30. The van der Waals surface area contributed by atoms with Crippen molar-refractivity contribution in [2.24, 2.45) is 5.92 Å². The molecule has 6 nitrogen and oxygen atoms in total. The summed E-state index contributed by atoms with van der Waals surface area (Å²) in [6, 6.07) is 10.3. The highest BCUT2D eigenvalue weighted by molar-refractivity contribution is 5.49. The third-order valence-electron chi connectivity index (χ3n) is 5.01. The Labute approximate surface area is 153 Å². The van der Waals surface area contributed by atoms with Gasteiger partial charge < -0.3 is 14.4 Å². The summed E-state index contributed by atoms with van der Waals surface area (Å²) in [4.78, 5) is 11.1. The molecule has 2 aromatic rings. The summed E-state index contributed by atoms with van der Waals surface area (Å²) in [6.07, 6.45) is 4.92. The fraction of sp³-hybridized carbons (Fsp3) is 0.450. The topological polar surface area (TPSA) is 71.3 Å². The SMILES string of the molecule is COc1ccc(N2CCC(COc3nc(C4CC4)ncc3C#N)C2)cc1. The zero-order chi connectivity index (χ0) is 17.9. The lowest BCUT2D eigenvalue weighted by atomic mass is 10.1. The Hall–Kier alpha value is -2.81. The van der Waals surface area contributed by atoms with Crippen molar-refractivity contribution < 1.29 is 9.47 Å². The van der Waals surface area contributed by atoms with Crippen LogP contribution in [-0.4, -0.2) is 36.8 Å². The van der Waals surface area contributed by atoms with E-state index in [0.29, 0.717) is 29.9 Å². The number of anilines is 1. The summed E-state index contributed by atoms with van der Waals surface area (Å²) in [7, 11) is 1.68. The number of ether oxygens (including phenoxy) is 2. The summed E-state index contributed by atoms with van der Waals surface area (Å²) in [6.45, 7) is 2.51. The van der Waals surface area contributed by atoms with Gasteiger partial charge in [0.2, 0.25) is 5.88 Å². The van der Waals surface area contributed by atoms with E-state index in [1.165, 1.54) is 5.69 Å². The van der Waals surface area contributed by atoms with E-state index in [4.69, 9.17) is 9.47 Å². The molecule has 2 heterocycles. The first-order valence-corrected chi connectivity index (χ1v) is 9.05. The van der Waals surface area contributed by atoms with Crippen molar-refractivity contribution in [2.45, 2.75) is 25.2 Å². The number of benzene rings is 1. The molecule has 1 atom stereocenters. The molecule has 4 rings (SSSR count). The van der Waals surface area contributed by atoms with E-state index in [-0.39, 0.29) is 0 Å². The molecule has 1 aliphatic heterocycles. The van der Waals surface area contributed by atoms with Crippen LogP contribution in [0.1, 0.15) is 36.6 Å². The fourth-order valence-corrected chi connectivity index (χ4v) is 3.30. The molecular weight excluding hydrogens is 328 g/mol. The van der Waals surface area contributed by atoms with Crippen LogP contribution in [0.3, 0.4) is 0 Å². The number of hydrogen-bond acceptors (Lipinski definition) is 6. The van der Waals surface area contributed by atoms with Crippen LogP contribution in [0.15, 0.2) is 30.5 Å². The second-order valence-electron chi connectivity index (χ2n) is 6.94. The van der Waals surface area contributed by atoms with E-state index in [1.807, 2.05) is 12.1 Å². The first-order valence-electron chi connectivity index (χ1n) is 9.05. The highest BCUT2D eigenvalue weighted by Gasteiger charge is 2.28. The van der Waals surface area contributed by atoms with Crippen molar-refractivity contribution >= 4 is 5.69 Å². The molecule has 134 valence electrons. The van der Waals surface area contributed by atoms with Crippen LogP contribution in [0, 0.1) is 17.2 Å². The van der Waals surface area contributed by atoms with E-state index in [2.05, 4.69) is 33.1 Å². The van der Waals surface area contributed by atoms with Gasteiger partial charge in [0.1, 0.15) is 23.2 Å². The largest absolute Gasteiger partial charge is 0.497 e. The molecule has 1 aliphatic carbocycles. The Balaban J connectivity index is 1.37. The third-order valence-corrected chi connectivity index (χ3v) is 5.01. The smallest absolute Gasteiger partial charge is 0.235 e.